The van der Waals surface area contributed by atoms with Gasteiger partial charge in [-0.2, -0.15) is 0 Å². The van der Waals surface area contributed by atoms with E-state index in [1.54, 1.807) is 30.3 Å². The number of anilines is 1. The molecule has 0 N–H and O–H groups in total. The lowest BCUT2D eigenvalue weighted by Crippen LogP contribution is -2.29. The Hall–Kier alpha value is -2.25. The Morgan fingerprint density at radius 3 is 2.44 bits per heavy atom. The Kier molecular flexibility index (Phi) is 4.62. The number of para-hydroxylation sites is 1. The molecule has 0 saturated carbocycles. The second-order valence-corrected chi connectivity index (χ2v) is 7.59. The van der Waals surface area contributed by atoms with E-state index in [1.165, 1.54) is 30.7 Å². The number of nitrogens with zero attached hydrogens (tertiary/aromatic N) is 1. The van der Waals surface area contributed by atoms with Gasteiger partial charge in [-0.15, -0.1) is 0 Å². The topological polar surface area (TPSA) is 72.9 Å². The van der Waals surface area contributed by atoms with Gasteiger partial charge >= 0.3 is 5.97 Å². The molecule has 0 aliphatic carbocycles. The van der Waals surface area contributed by atoms with Crippen molar-refractivity contribution in [3.05, 3.63) is 53.1 Å². The normalized spacial score (nSPS) is 17.9. The number of esters is 1. The number of benzene rings is 2. The zero-order chi connectivity index (χ0) is 18.2. The van der Waals surface area contributed by atoms with E-state index >= 15 is 0 Å². The Morgan fingerprint density at radius 1 is 1.16 bits per heavy atom. The summed E-state index contributed by atoms with van der Waals surface area (Å²) < 4.78 is 37.3. The van der Waals surface area contributed by atoms with Gasteiger partial charge in [0.05, 0.1) is 42.3 Å². The van der Waals surface area contributed by atoms with Crippen LogP contribution in [0.1, 0.15) is 18.0 Å². The third kappa shape index (κ3) is 2.83. The summed E-state index contributed by atoms with van der Waals surface area (Å²) in [5, 5.41) is 0.177. The summed E-state index contributed by atoms with van der Waals surface area (Å²) >= 11 is 6.39. The fraction of sp³-hybridized carbons (Fsp3) is 0.235. The molecule has 8 heteroatoms. The molecule has 0 amide bonds. The molecule has 6 nitrogen and oxygen atoms in total. The van der Waals surface area contributed by atoms with Crippen LogP contribution in [0.15, 0.2) is 47.4 Å². The van der Waals surface area contributed by atoms with Crippen LogP contribution in [0, 0.1) is 0 Å². The standard InChI is InChI=1S/C17H16ClNO5S/c1-23-13-8-9-14-16(17(13)18)12(10-15(20)24-2)19(25(14,21)22)11-6-4-3-5-7-11/h3-9,12H,10H2,1-2H3. The van der Waals surface area contributed by atoms with Gasteiger partial charge in [-0.05, 0) is 24.3 Å². The molecule has 2 aromatic carbocycles. The van der Waals surface area contributed by atoms with Crippen molar-refractivity contribution in [3.63, 3.8) is 0 Å². The van der Waals surface area contributed by atoms with E-state index in [9.17, 15) is 13.2 Å². The van der Waals surface area contributed by atoms with Gasteiger partial charge in [-0.25, -0.2) is 8.42 Å². The van der Waals surface area contributed by atoms with Crippen LogP contribution in [0.3, 0.4) is 0 Å². The number of carbonyl (C=O) groups is 1. The number of halogens is 1. The van der Waals surface area contributed by atoms with E-state index in [0.29, 0.717) is 17.0 Å². The van der Waals surface area contributed by atoms with Gasteiger partial charge in [-0.1, -0.05) is 29.8 Å². The van der Waals surface area contributed by atoms with Crippen molar-refractivity contribution in [1.82, 2.24) is 0 Å². The average Bonchev–Trinajstić information content (AvgIpc) is 2.83. The third-order valence-electron chi connectivity index (χ3n) is 4.08. The highest BCUT2D eigenvalue weighted by atomic mass is 35.5. The number of methoxy groups -OCH3 is 2. The van der Waals surface area contributed by atoms with Crippen LogP contribution in [-0.2, 0) is 19.6 Å². The van der Waals surface area contributed by atoms with E-state index in [4.69, 9.17) is 21.1 Å². The van der Waals surface area contributed by atoms with Gasteiger partial charge in [0, 0.05) is 5.56 Å². The predicted octanol–water partition coefficient (Wildman–Crippen LogP) is 3.16. The molecular weight excluding hydrogens is 366 g/mol. The molecule has 0 bridgehead atoms. The molecule has 0 fully saturated rings. The number of ether oxygens (including phenoxy) is 2. The summed E-state index contributed by atoms with van der Waals surface area (Å²) in [5.74, 6) is -0.187. The molecule has 1 unspecified atom stereocenters. The summed E-state index contributed by atoms with van der Waals surface area (Å²) in [6, 6.07) is 10.7. The van der Waals surface area contributed by atoms with Gasteiger partial charge in [-0.3, -0.25) is 9.10 Å². The minimum atomic E-state index is -3.86. The van der Waals surface area contributed by atoms with Crippen LogP contribution >= 0.6 is 11.6 Å². The highest BCUT2D eigenvalue weighted by Crippen LogP contribution is 2.49. The fourth-order valence-electron chi connectivity index (χ4n) is 2.96. The maximum absolute atomic E-state index is 13.1. The second kappa shape index (κ2) is 6.57. The van der Waals surface area contributed by atoms with Crippen molar-refractivity contribution < 1.29 is 22.7 Å². The molecule has 1 atom stereocenters. The monoisotopic (exact) mass is 381 g/mol. The van der Waals surface area contributed by atoms with E-state index < -0.39 is 22.0 Å². The van der Waals surface area contributed by atoms with Crippen LogP contribution in [0.2, 0.25) is 5.02 Å². The smallest absolute Gasteiger partial charge is 0.307 e. The summed E-state index contributed by atoms with van der Waals surface area (Å²) in [5.41, 5.74) is 0.790. The Labute approximate surface area is 151 Å². The van der Waals surface area contributed by atoms with Crippen LogP contribution in [0.4, 0.5) is 5.69 Å². The molecule has 0 aromatic heterocycles. The lowest BCUT2D eigenvalue weighted by atomic mass is 10.0. The molecule has 132 valence electrons. The van der Waals surface area contributed by atoms with E-state index in [0.717, 1.165) is 0 Å². The molecule has 2 aromatic rings. The molecule has 25 heavy (non-hydrogen) atoms. The van der Waals surface area contributed by atoms with Crippen LogP contribution in [0.5, 0.6) is 5.75 Å². The Morgan fingerprint density at radius 2 is 1.84 bits per heavy atom. The highest BCUT2D eigenvalue weighted by molar-refractivity contribution is 7.93. The first-order valence-corrected chi connectivity index (χ1v) is 9.26. The zero-order valence-corrected chi connectivity index (χ0v) is 15.2. The molecule has 1 aliphatic heterocycles. The number of carbonyl (C=O) groups excluding carboxylic acids is 1. The predicted molar refractivity (Wildman–Crippen MR) is 93.5 cm³/mol. The number of hydrogen-bond acceptors (Lipinski definition) is 5. The summed E-state index contributed by atoms with van der Waals surface area (Å²) in [6.07, 6.45) is -0.162. The summed E-state index contributed by atoms with van der Waals surface area (Å²) in [6.45, 7) is 0. The molecule has 0 spiro atoms. The first-order valence-electron chi connectivity index (χ1n) is 7.44. The van der Waals surface area contributed by atoms with Crippen molar-refractivity contribution in [3.8, 4) is 5.75 Å². The Bertz CT molecular complexity index is 914. The van der Waals surface area contributed by atoms with Crippen molar-refractivity contribution in [2.45, 2.75) is 17.4 Å². The third-order valence-corrected chi connectivity index (χ3v) is 6.36. The Balaban J connectivity index is 2.25. The van der Waals surface area contributed by atoms with Gasteiger partial charge in [0.2, 0.25) is 0 Å². The number of sulfonamides is 1. The molecule has 0 saturated heterocycles. The maximum atomic E-state index is 13.1. The molecule has 3 rings (SSSR count). The fourth-order valence-corrected chi connectivity index (χ4v) is 5.26. The SMILES string of the molecule is COC(=O)CC1c2c(ccc(OC)c2Cl)S(=O)(=O)N1c1ccccc1. The quantitative estimate of drug-likeness (QED) is 0.760. The first kappa shape index (κ1) is 17.6. The number of fused-ring (bicyclic) bond motifs is 1. The van der Waals surface area contributed by atoms with Crippen molar-refractivity contribution in [2.75, 3.05) is 18.5 Å². The lowest BCUT2D eigenvalue weighted by Gasteiger charge is -2.25. The summed E-state index contributed by atoms with van der Waals surface area (Å²) in [4.78, 5) is 12.0. The van der Waals surface area contributed by atoms with Crippen LogP contribution in [0.25, 0.3) is 0 Å². The van der Waals surface area contributed by atoms with Gasteiger partial charge < -0.3 is 9.47 Å². The van der Waals surface area contributed by atoms with Crippen LogP contribution in [-0.4, -0.2) is 28.6 Å². The second-order valence-electron chi connectivity index (χ2n) is 5.43. The van der Waals surface area contributed by atoms with Gasteiger partial charge in [0.1, 0.15) is 5.75 Å². The van der Waals surface area contributed by atoms with Crippen molar-refractivity contribution in [1.29, 1.82) is 0 Å². The average molecular weight is 382 g/mol. The number of rotatable bonds is 4. The summed E-state index contributed by atoms with van der Waals surface area (Å²) in [7, 11) is -1.16. The van der Waals surface area contributed by atoms with Gasteiger partial charge in [0.25, 0.3) is 10.0 Å². The maximum Gasteiger partial charge on any atom is 0.307 e. The zero-order valence-electron chi connectivity index (χ0n) is 13.6. The lowest BCUT2D eigenvalue weighted by molar-refractivity contribution is -0.141. The molecule has 0 radical (unpaired) electrons. The van der Waals surface area contributed by atoms with Crippen molar-refractivity contribution in [2.24, 2.45) is 0 Å². The molecular formula is C17H16ClNO5S. The van der Waals surface area contributed by atoms with E-state index in [1.807, 2.05) is 0 Å². The minimum absolute atomic E-state index is 0.0658. The molecule has 1 heterocycles. The minimum Gasteiger partial charge on any atom is -0.495 e. The van der Waals surface area contributed by atoms with Crippen molar-refractivity contribution >= 4 is 33.3 Å². The van der Waals surface area contributed by atoms with Crippen LogP contribution < -0.4 is 9.04 Å². The van der Waals surface area contributed by atoms with E-state index in [2.05, 4.69) is 0 Å². The number of hydrogen-bond donors (Lipinski definition) is 0. The van der Waals surface area contributed by atoms with E-state index in [-0.39, 0.29) is 16.3 Å². The highest BCUT2D eigenvalue weighted by Gasteiger charge is 2.45. The molecule has 1 aliphatic rings. The largest absolute Gasteiger partial charge is 0.495 e. The first-order chi connectivity index (χ1) is 11.9. The van der Waals surface area contributed by atoms with Gasteiger partial charge in [0.15, 0.2) is 0 Å².